The average molecular weight is 383 g/mol. The Morgan fingerprint density at radius 2 is 1.68 bits per heavy atom. The Morgan fingerprint density at radius 3 is 2.36 bits per heavy atom. The number of methoxy groups -OCH3 is 3. The highest BCUT2D eigenvalue weighted by molar-refractivity contribution is 5.97. The maximum Gasteiger partial charge on any atom is 0.275 e. The summed E-state index contributed by atoms with van der Waals surface area (Å²) in [5.74, 6) is 1.55. The molecule has 7 heteroatoms. The fourth-order valence-corrected chi connectivity index (χ4v) is 3.26. The fraction of sp³-hybridized carbons (Fsp3) is 0.333. The monoisotopic (exact) mass is 383 g/mol. The Kier molecular flexibility index (Phi) is 6.37. The molecule has 1 fully saturated rings. The summed E-state index contributed by atoms with van der Waals surface area (Å²) in [5.41, 5.74) is 4.65. The van der Waals surface area contributed by atoms with E-state index in [0.29, 0.717) is 22.6 Å². The Balaban J connectivity index is 1.80. The molecule has 1 aliphatic rings. The quantitative estimate of drug-likeness (QED) is 0.588. The third kappa shape index (κ3) is 4.19. The topological polar surface area (TPSA) is 72.4 Å². The lowest BCUT2D eigenvalue weighted by Gasteiger charge is -2.22. The van der Waals surface area contributed by atoms with E-state index in [1.807, 2.05) is 12.1 Å². The van der Waals surface area contributed by atoms with Gasteiger partial charge in [-0.3, -0.25) is 4.79 Å². The average Bonchev–Trinajstić information content (AvgIpc) is 3.27. The van der Waals surface area contributed by atoms with Gasteiger partial charge in [0.25, 0.3) is 5.91 Å². The Bertz CT molecular complexity index is 861. The second kappa shape index (κ2) is 9.12. The van der Waals surface area contributed by atoms with E-state index in [1.54, 1.807) is 44.7 Å². The second-order valence-electron chi connectivity index (χ2n) is 6.36. The van der Waals surface area contributed by atoms with Crippen LogP contribution in [0.2, 0.25) is 0 Å². The maximum absolute atomic E-state index is 12.4. The zero-order valence-corrected chi connectivity index (χ0v) is 16.4. The Labute approximate surface area is 164 Å². The van der Waals surface area contributed by atoms with Gasteiger partial charge in [-0.05, 0) is 31.0 Å². The van der Waals surface area contributed by atoms with E-state index in [9.17, 15) is 4.79 Å². The lowest BCUT2D eigenvalue weighted by Crippen LogP contribution is -2.19. The molecule has 0 spiro atoms. The third-order valence-electron chi connectivity index (χ3n) is 4.70. The maximum atomic E-state index is 12.4. The van der Waals surface area contributed by atoms with E-state index in [0.717, 1.165) is 24.5 Å². The lowest BCUT2D eigenvalue weighted by atomic mass is 10.1. The van der Waals surface area contributed by atoms with Gasteiger partial charge in [-0.1, -0.05) is 12.1 Å². The number of benzene rings is 2. The largest absolute Gasteiger partial charge is 0.496 e. The minimum absolute atomic E-state index is 0.353. The van der Waals surface area contributed by atoms with E-state index in [4.69, 9.17) is 14.2 Å². The van der Waals surface area contributed by atoms with Crippen molar-refractivity contribution in [3.8, 4) is 17.2 Å². The molecule has 1 N–H and O–H groups in total. The number of para-hydroxylation sites is 1. The van der Waals surface area contributed by atoms with Gasteiger partial charge in [-0.25, -0.2) is 5.43 Å². The molecule has 3 rings (SSSR count). The molecule has 0 atom stereocenters. The molecule has 2 aromatic rings. The normalized spacial score (nSPS) is 13.6. The molecule has 0 bridgehead atoms. The van der Waals surface area contributed by atoms with Crippen molar-refractivity contribution in [3.05, 3.63) is 47.5 Å². The summed E-state index contributed by atoms with van der Waals surface area (Å²) in [4.78, 5) is 14.6. The van der Waals surface area contributed by atoms with Crippen molar-refractivity contribution in [2.24, 2.45) is 5.10 Å². The Hall–Kier alpha value is -3.22. The van der Waals surface area contributed by atoms with E-state index in [2.05, 4.69) is 15.4 Å². The number of amides is 1. The summed E-state index contributed by atoms with van der Waals surface area (Å²) in [6.07, 6.45) is 3.88. The zero-order chi connectivity index (χ0) is 19.9. The minimum atomic E-state index is -0.353. The second-order valence-corrected chi connectivity index (χ2v) is 6.36. The van der Waals surface area contributed by atoms with Crippen LogP contribution in [0.3, 0.4) is 0 Å². The summed E-state index contributed by atoms with van der Waals surface area (Å²) < 4.78 is 16.3. The van der Waals surface area contributed by atoms with Crippen molar-refractivity contribution in [2.75, 3.05) is 39.3 Å². The van der Waals surface area contributed by atoms with Crippen LogP contribution in [0.15, 0.2) is 41.5 Å². The van der Waals surface area contributed by atoms with Gasteiger partial charge in [0, 0.05) is 24.7 Å². The van der Waals surface area contributed by atoms with E-state index >= 15 is 0 Å². The first kappa shape index (κ1) is 19.5. The van der Waals surface area contributed by atoms with Crippen LogP contribution in [0.4, 0.5) is 5.69 Å². The van der Waals surface area contributed by atoms with E-state index < -0.39 is 0 Å². The summed E-state index contributed by atoms with van der Waals surface area (Å²) >= 11 is 0. The third-order valence-corrected chi connectivity index (χ3v) is 4.70. The smallest absolute Gasteiger partial charge is 0.275 e. The van der Waals surface area contributed by atoms with Crippen molar-refractivity contribution in [1.29, 1.82) is 0 Å². The van der Waals surface area contributed by atoms with Crippen molar-refractivity contribution in [2.45, 2.75) is 12.8 Å². The van der Waals surface area contributed by atoms with E-state index in [1.165, 1.54) is 20.0 Å². The van der Waals surface area contributed by atoms with Gasteiger partial charge in [-0.15, -0.1) is 0 Å². The van der Waals surface area contributed by atoms with Crippen LogP contribution in [0, 0.1) is 0 Å². The number of nitrogens with one attached hydrogen (secondary N) is 1. The molecule has 0 saturated carbocycles. The van der Waals surface area contributed by atoms with Crippen LogP contribution in [-0.2, 0) is 0 Å². The fourth-order valence-electron chi connectivity index (χ4n) is 3.26. The van der Waals surface area contributed by atoms with Gasteiger partial charge in [0.2, 0.25) is 0 Å². The zero-order valence-electron chi connectivity index (χ0n) is 16.4. The van der Waals surface area contributed by atoms with Crippen LogP contribution in [-0.4, -0.2) is 46.5 Å². The predicted molar refractivity (Wildman–Crippen MR) is 109 cm³/mol. The molecule has 1 amide bonds. The molecule has 0 aromatic heterocycles. The van der Waals surface area contributed by atoms with Crippen molar-refractivity contribution < 1.29 is 19.0 Å². The number of hydrazone groups is 1. The number of carbonyl (C=O) groups is 1. The number of anilines is 1. The predicted octanol–water partition coefficient (Wildman–Crippen LogP) is 3.08. The van der Waals surface area contributed by atoms with Gasteiger partial charge in [0.05, 0.1) is 38.8 Å². The van der Waals surface area contributed by atoms with Gasteiger partial charge in [0.15, 0.2) is 0 Å². The van der Waals surface area contributed by atoms with Gasteiger partial charge in [-0.2, -0.15) is 5.10 Å². The molecule has 1 aliphatic heterocycles. The summed E-state index contributed by atoms with van der Waals surface area (Å²) in [6, 6.07) is 10.8. The standard InChI is InChI=1S/C21H25N3O4/c1-26-18-9-5-4-8-16(18)21(25)23-22-14-15-12-20(28-3)17(13-19(15)27-2)24-10-6-7-11-24/h4-5,8-9,12-14H,6-7,10-11H2,1-3H3,(H,23,25)/b22-14-. The molecule has 0 radical (unpaired) electrons. The summed E-state index contributed by atoms with van der Waals surface area (Å²) in [5, 5.41) is 4.08. The van der Waals surface area contributed by atoms with Gasteiger partial charge >= 0.3 is 0 Å². The molecule has 28 heavy (non-hydrogen) atoms. The number of ether oxygens (including phenoxy) is 3. The number of rotatable bonds is 7. The van der Waals surface area contributed by atoms with Crippen molar-refractivity contribution in [1.82, 2.24) is 5.43 Å². The van der Waals surface area contributed by atoms with Crippen LogP contribution < -0.4 is 24.5 Å². The highest BCUT2D eigenvalue weighted by Crippen LogP contribution is 2.36. The minimum Gasteiger partial charge on any atom is -0.496 e. The highest BCUT2D eigenvalue weighted by atomic mass is 16.5. The molecular formula is C21H25N3O4. The molecule has 148 valence electrons. The van der Waals surface area contributed by atoms with Crippen LogP contribution >= 0.6 is 0 Å². The first-order chi connectivity index (χ1) is 13.7. The lowest BCUT2D eigenvalue weighted by molar-refractivity contribution is 0.0952. The molecule has 1 saturated heterocycles. The molecular weight excluding hydrogens is 358 g/mol. The van der Waals surface area contributed by atoms with Crippen molar-refractivity contribution in [3.63, 3.8) is 0 Å². The van der Waals surface area contributed by atoms with Crippen LogP contribution in [0.5, 0.6) is 17.2 Å². The number of hydrogen-bond donors (Lipinski definition) is 1. The summed E-state index contributed by atoms with van der Waals surface area (Å²) in [6.45, 7) is 2.00. The first-order valence-electron chi connectivity index (χ1n) is 9.15. The SMILES string of the molecule is COc1cc(N2CCCC2)c(OC)cc1/C=N\NC(=O)c1ccccc1OC. The molecule has 7 nitrogen and oxygen atoms in total. The molecule has 1 heterocycles. The summed E-state index contributed by atoms with van der Waals surface area (Å²) in [7, 11) is 4.78. The highest BCUT2D eigenvalue weighted by Gasteiger charge is 2.19. The number of nitrogens with zero attached hydrogens (tertiary/aromatic N) is 2. The molecule has 0 aliphatic carbocycles. The van der Waals surface area contributed by atoms with Gasteiger partial charge < -0.3 is 19.1 Å². The van der Waals surface area contributed by atoms with Crippen LogP contribution in [0.1, 0.15) is 28.8 Å². The van der Waals surface area contributed by atoms with Crippen LogP contribution in [0.25, 0.3) is 0 Å². The Morgan fingerprint density at radius 1 is 1.00 bits per heavy atom. The molecule has 2 aromatic carbocycles. The van der Waals surface area contributed by atoms with Crippen molar-refractivity contribution >= 4 is 17.8 Å². The number of hydrogen-bond acceptors (Lipinski definition) is 6. The first-order valence-corrected chi connectivity index (χ1v) is 9.15. The van der Waals surface area contributed by atoms with Gasteiger partial charge in [0.1, 0.15) is 17.2 Å². The molecule has 0 unspecified atom stereocenters. The van der Waals surface area contributed by atoms with E-state index in [-0.39, 0.29) is 5.91 Å². The number of carbonyl (C=O) groups excluding carboxylic acids is 1.